The van der Waals surface area contributed by atoms with Crippen LogP contribution in [0, 0.1) is 0 Å². The second-order valence-electron chi connectivity index (χ2n) is 4.02. The number of aromatic nitrogens is 2. The van der Waals surface area contributed by atoms with Crippen LogP contribution in [0.3, 0.4) is 0 Å². The molecular weight excluding hydrogens is 248 g/mol. The molecule has 0 radical (unpaired) electrons. The third-order valence-electron chi connectivity index (χ3n) is 2.61. The zero-order valence-corrected chi connectivity index (χ0v) is 10.4. The molecule has 2 aromatic rings. The van der Waals surface area contributed by atoms with Crippen LogP contribution in [-0.4, -0.2) is 22.8 Å². The van der Waals surface area contributed by atoms with E-state index in [1.54, 1.807) is 12.1 Å². The summed E-state index contributed by atoms with van der Waals surface area (Å²) in [6.07, 6.45) is 0.809. The van der Waals surface area contributed by atoms with E-state index in [1.807, 2.05) is 6.92 Å². The maximum Gasteiger partial charge on any atom is 0.319 e. The largest absolute Gasteiger partial charge is 0.338 e. The van der Waals surface area contributed by atoms with Crippen LogP contribution < -0.4 is 21.8 Å². The lowest BCUT2D eigenvalue weighted by Crippen LogP contribution is -2.30. The minimum absolute atomic E-state index is 0.165. The minimum Gasteiger partial charge on any atom is -0.338 e. The van der Waals surface area contributed by atoms with Crippen molar-refractivity contribution < 1.29 is 4.79 Å². The van der Waals surface area contributed by atoms with Crippen LogP contribution in [0.1, 0.15) is 13.3 Å². The number of benzene rings is 1. The second kappa shape index (κ2) is 5.38. The molecule has 2 rings (SSSR count). The molecule has 0 aliphatic carbocycles. The van der Waals surface area contributed by atoms with Gasteiger partial charge in [-0.05, 0) is 18.6 Å². The number of urea groups is 1. The number of hydrogen-bond donors (Lipinski definition) is 4. The highest BCUT2D eigenvalue weighted by atomic mass is 16.2. The summed E-state index contributed by atoms with van der Waals surface area (Å²) in [5.74, 6) is 0. The molecule has 0 saturated heterocycles. The number of aromatic amines is 2. The molecule has 1 heterocycles. The van der Waals surface area contributed by atoms with Gasteiger partial charge in [0.15, 0.2) is 0 Å². The van der Waals surface area contributed by atoms with Crippen LogP contribution in [0.15, 0.2) is 27.8 Å². The number of H-pyrrole nitrogens is 2. The zero-order chi connectivity index (χ0) is 13.8. The highest BCUT2D eigenvalue weighted by Gasteiger charge is 2.10. The van der Waals surface area contributed by atoms with Crippen molar-refractivity contribution in [2.75, 3.05) is 11.9 Å². The van der Waals surface area contributed by atoms with E-state index in [2.05, 4.69) is 20.8 Å². The summed E-state index contributed by atoms with van der Waals surface area (Å²) in [5.41, 5.74) is -0.563. The number of fused-ring (bicyclic) bond motifs is 1. The molecule has 1 aromatic heterocycles. The molecule has 100 valence electrons. The van der Waals surface area contributed by atoms with Crippen LogP contribution in [0.4, 0.5) is 10.5 Å². The van der Waals surface area contributed by atoms with Crippen LogP contribution in [0.25, 0.3) is 10.8 Å². The first-order valence-electron chi connectivity index (χ1n) is 5.92. The molecule has 4 N–H and O–H groups in total. The SMILES string of the molecule is CCCNC(=O)Nc1cccc2c(=O)[nH][nH]c(=O)c12. The third kappa shape index (κ3) is 2.65. The Morgan fingerprint density at radius 2 is 1.95 bits per heavy atom. The van der Waals surface area contributed by atoms with Gasteiger partial charge in [0, 0.05) is 6.54 Å². The van der Waals surface area contributed by atoms with Gasteiger partial charge >= 0.3 is 6.03 Å². The summed E-state index contributed by atoms with van der Waals surface area (Å²) in [5, 5.41) is 10.1. The number of rotatable bonds is 3. The van der Waals surface area contributed by atoms with E-state index in [9.17, 15) is 14.4 Å². The predicted octanol–water partition coefficient (Wildman–Crippen LogP) is 0.748. The zero-order valence-electron chi connectivity index (χ0n) is 10.4. The first-order valence-corrected chi connectivity index (χ1v) is 5.92. The number of carbonyl (C=O) groups is 1. The van der Waals surface area contributed by atoms with Gasteiger partial charge < -0.3 is 10.6 Å². The molecule has 0 saturated carbocycles. The molecule has 0 spiro atoms. The van der Waals surface area contributed by atoms with Gasteiger partial charge in [0.05, 0.1) is 16.5 Å². The standard InChI is InChI=1S/C12H14N4O3/c1-2-6-13-12(19)14-8-5-3-4-7-9(8)11(18)16-15-10(7)17/h3-5H,2,6H2,1H3,(H,15,17)(H,16,18)(H2,13,14,19). The number of nitrogens with one attached hydrogen (secondary N) is 4. The Balaban J connectivity index is 2.44. The number of hydrogen-bond acceptors (Lipinski definition) is 3. The topological polar surface area (TPSA) is 107 Å². The smallest absolute Gasteiger partial charge is 0.319 e. The van der Waals surface area contributed by atoms with Gasteiger partial charge in [0.1, 0.15) is 0 Å². The fourth-order valence-corrected chi connectivity index (χ4v) is 1.74. The molecule has 19 heavy (non-hydrogen) atoms. The summed E-state index contributed by atoms with van der Waals surface area (Å²) < 4.78 is 0. The Bertz CT molecular complexity index is 717. The van der Waals surface area contributed by atoms with Crippen molar-refractivity contribution in [2.24, 2.45) is 0 Å². The summed E-state index contributed by atoms with van der Waals surface area (Å²) >= 11 is 0. The number of amides is 2. The van der Waals surface area contributed by atoms with Gasteiger partial charge in [0.2, 0.25) is 0 Å². The van der Waals surface area contributed by atoms with Crippen LogP contribution in [0.2, 0.25) is 0 Å². The lowest BCUT2D eigenvalue weighted by atomic mass is 10.1. The van der Waals surface area contributed by atoms with Gasteiger partial charge in [-0.1, -0.05) is 13.0 Å². The summed E-state index contributed by atoms with van der Waals surface area (Å²) in [7, 11) is 0. The van der Waals surface area contributed by atoms with Crippen molar-refractivity contribution in [3.8, 4) is 0 Å². The minimum atomic E-state index is -0.457. The van der Waals surface area contributed by atoms with Crippen LogP contribution in [-0.2, 0) is 0 Å². The van der Waals surface area contributed by atoms with Gasteiger partial charge in [-0.25, -0.2) is 4.79 Å². The van der Waals surface area contributed by atoms with E-state index >= 15 is 0 Å². The molecule has 7 nitrogen and oxygen atoms in total. The molecule has 1 aromatic carbocycles. The molecule has 2 amide bonds. The van der Waals surface area contributed by atoms with E-state index in [0.717, 1.165) is 6.42 Å². The lowest BCUT2D eigenvalue weighted by Gasteiger charge is -2.08. The average molecular weight is 262 g/mol. The molecule has 0 fully saturated rings. The van der Waals surface area contributed by atoms with Crippen molar-refractivity contribution >= 4 is 22.5 Å². The molecular formula is C12H14N4O3. The highest BCUT2D eigenvalue weighted by Crippen LogP contribution is 2.16. The number of anilines is 1. The Labute approximate surface area is 108 Å². The number of carbonyl (C=O) groups excluding carboxylic acids is 1. The molecule has 0 aliphatic heterocycles. The lowest BCUT2D eigenvalue weighted by molar-refractivity contribution is 0.252. The van der Waals surface area contributed by atoms with Crippen molar-refractivity contribution in [2.45, 2.75) is 13.3 Å². The Morgan fingerprint density at radius 1 is 1.21 bits per heavy atom. The van der Waals surface area contributed by atoms with Crippen molar-refractivity contribution in [1.29, 1.82) is 0 Å². The van der Waals surface area contributed by atoms with E-state index in [1.165, 1.54) is 6.07 Å². The van der Waals surface area contributed by atoms with Crippen molar-refractivity contribution in [3.05, 3.63) is 38.9 Å². The normalized spacial score (nSPS) is 10.4. The summed E-state index contributed by atoms with van der Waals surface area (Å²) in [4.78, 5) is 34.9. The monoisotopic (exact) mass is 262 g/mol. The molecule has 0 unspecified atom stereocenters. The van der Waals surface area contributed by atoms with Gasteiger partial charge in [-0.3, -0.25) is 19.8 Å². The van der Waals surface area contributed by atoms with E-state index in [-0.39, 0.29) is 10.8 Å². The van der Waals surface area contributed by atoms with E-state index in [0.29, 0.717) is 12.2 Å². The third-order valence-corrected chi connectivity index (χ3v) is 2.61. The molecule has 0 atom stereocenters. The van der Waals surface area contributed by atoms with Crippen LogP contribution >= 0.6 is 0 Å². The maximum atomic E-state index is 11.7. The quantitative estimate of drug-likeness (QED) is 0.655. The second-order valence-corrected chi connectivity index (χ2v) is 4.02. The van der Waals surface area contributed by atoms with Gasteiger partial charge in [-0.15, -0.1) is 0 Å². The first kappa shape index (κ1) is 12.9. The highest BCUT2D eigenvalue weighted by molar-refractivity contribution is 6.00. The Hall–Kier alpha value is -2.57. The average Bonchev–Trinajstić information content (AvgIpc) is 2.41. The van der Waals surface area contributed by atoms with Crippen molar-refractivity contribution in [1.82, 2.24) is 15.5 Å². The van der Waals surface area contributed by atoms with E-state index < -0.39 is 17.1 Å². The van der Waals surface area contributed by atoms with Gasteiger partial charge in [0.25, 0.3) is 11.1 Å². The van der Waals surface area contributed by atoms with E-state index in [4.69, 9.17) is 0 Å². The molecule has 0 bridgehead atoms. The Kier molecular flexibility index (Phi) is 3.65. The summed E-state index contributed by atoms with van der Waals surface area (Å²) in [6, 6.07) is 4.29. The van der Waals surface area contributed by atoms with Gasteiger partial charge in [-0.2, -0.15) is 0 Å². The fourth-order valence-electron chi connectivity index (χ4n) is 1.74. The Morgan fingerprint density at radius 3 is 2.68 bits per heavy atom. The molecule has 0 aliphatic rings. The van der Waals surface area contributed by atoms with Crippen LogP contribution in [0.5, 0.6) is 0 Å². The molecule has 7 heteroatoms. The predicted molar refractivity (Wildman–Crippen MR) is 72.5 cm³/mol. The van der Waals surface area contributed by atoms with Crippen molar-refractivity contribution in [3.63, 3.8) is 0 Å². The summed E-state index contributed by atoms with van der Waals surface area (Å²) in [6.45, 7) is 2.47. The fraction of sp³-hybridized carbons (Fsp3) is 0.250. The maximum absolute atomic E-state index is 11.7. The first-order chi connectivity index (χ1) is 9.13.